The van der Waals surface area contributed by atoms with Crippen LogP contribution in [0, 0.1) is 0 Å². The van der Waals surface area contributed by atoms with E-state index in [1.165, 1.54) is 0 Å². The molecule has 0 saturated carbocycles. The Bertz CT molecular complexity index is 296. The lowest BCUT2D eigenvalue weighted by Gasteiger charge is -2.11. The Balaban J connectivity index is 2.61. The standard InChI is InChI=1S/C10H19ClN4/c1-14(2)6-7-15-10(4-3-5-12)9(11)8-13-15/h8H,3-7,12H2,1-2H3. The van der Waals surface area contributed by atoms with Gasteiger partial charge in [-0.05, 0) is 33.5 Å². The van der Waals surface area contributed by atoms with Crippen LogP contribution in [-0.2, 0) is 13.0 Å². The first-order valence-corrected chi connectivity index (χ1v) is 5.58. The monoisotopic (exact) mass is 230 g/mol. The fourth-order valence-corrected chi connectivity index (χ4v) is 1.63. The molecule has 0 aromatic carbocycles. The maximum absolute atomic E-state index is 6.06. The van der Waals surface area contributed by atoms with E-state index in [2.05, 4.69) is 10.00 Å². The molecule has 0 spiro atoms. The van der Waals surface area contributed by atoms with Crippen molar-refractivity contribution in [1.29, 1.82) is 0 Å². The number of aromatic nitrogens is 2. The van der Waals surface area contributed by atoms with Crippen LogP contribution in [0.2, 0.25) is 5.02 Å². The highest BCUT2D eigenvalue weighted by Gasteiger charge is 2.08. The highest BCUT2D eigenvalue weighted by Crippen LogP contribution is 2.16. The van der Waals surface area contributed by atoms with E-state index >= 15 is 0 Å². The fraction of sp³-hybridized carbons (Fsp3) is 0.700. The lowest BCUT2D eigenvalue weighted by atomic mass is 10.2. The maximum Gasteiger partial charge on any atom is 0.0817 e. The molecule has 5 heteroatoms. The van der Waals surface area contributed by atoms with Crippen molar-refractivity contribution < 1.29 is 0 Å². The molecule has 1 aromatic heterocycles. The van der Waals surface area contributed by atoms with Crippen LogP contribution in [-0.4, -0.2) is 41.9 Å². The molecule has 0 radical (unpaired) electrons. The lowest BCUT2D eigenvalue weighted by molar-refractivity contribution is 0.369. The molecule has 2 N–H and O–H groups in total. The third kappa shape index (κ3) is 3.81. The maximum atomic E-state index is 6.06. The van der Waals surface area contributed by atoms with Crippen LogP contribution in [0.4, 0.5) is 0 Å². The number of nitrogens with two attached hydrogens (primary N) is 1. The third-order valence-corrected chi connectivity index (χ3v) is 2.59. The van der Waals surface area contributed by atoms with E-state index in [0.29, 0.717) is 6.54 Å². The number of nitrogens with zero attached hydrogens (tertiary/aromatic N) is 3. The van der Waals surface area contributed by atoms with Crippen molar-refractivity contribution >= 4 is 11.6 Å². The molecule has 0 bridgehead atoms. The molecule has 1 rings (SSSR count). The van der Waals surface area contributed by atoms with Crippen molar-refractivity contribution in [2.45, 2.75) is 19.4 Å². The molecule has 1 heterocycles. The molecule has 86 valence electrons. The fourth-order valence-electron chi connectivity index (χ4n) is 1.39. The molecule has 0 unspecified atom stereocenters. The number of halogens is 1. The summed E-state index contributed by atoms with van der Waals surface area (Å²) in [5, 5.41) is 5.01. The van der Waals surface area contributed by atoms with Crippen molar-refractivity contribution in [2.24, 2.45) is 5.73 Å². The van der Waals surface area contributed by atoms with Gasteiger partial charge >= 0.3 is 0 Å². The predicted octanol–water partition coefficient (Wildman–Crippen LogP) is 0.989. The van der Waals surface area contributed by atoms with E-state index in [1.807, 2.05) is 18.8 Å². The molecule has 0 aliphatic heterocycles. The van der Waals surface area contributed by atoms with Crippen LogP contribution < -0.4 is 5.73 Å². The quantitative estimate of drug-likeness (QED) is 0.793. The summed E-state index contributed by atoms with van der Waals surface area (Å²) in [5.74, 6) is 0. The van der Waals surface area contributed by atoms with Gasteiger partial charge in [-0.25, -0.2) is 0 Å². The molecule has 4 nitrogen and oxygen atoms in total. The van der Waals surface area contributed by atoms with Crippen molar-refractivity contribution in [3.05, 3.63) is 16.9 Å². The Morgan fingerprint density at radius 3 is 2.87 bits per heavy atom. The average molecular weight is 231 g/mol. The van der Waals surface area contributed by atoms with Gasteiger partial charge in [0.2, 0.25) is 0 Å². The van der Waals surface area contributed by atoms with Gasteiger partial charge in [-0.15, -0.1) is 0 Å². The molecule has 0 atom stereocenters. The van der Waals surface area contributed by atoms with Gasteiger partial charge in [-0.3, -0.25) is 4.68 Å². The van der Waals surface area contributed by atoms with Gasteiger partial charge in [-0.2, -0.15) is 5.10 Å². The van der Waals surface area contributed by atoms with Gasteiger partial charge in [0.05, 0.1) is 23.5 Å². The second kappa shape index (κ2) is 6.10. The number of hydrogen-bond acceptors (Lipinski definition) is 3. The first-order chi connectivity index (χ1) is 7.15. The van der Waals surface area contributed by atoms with Gasteiger partial charge in [0.25, 0.3) is 0 Å². The molecular weight excluding hydrogens is 212 g/mol. The first kappa shape index (κ1) is 12.5. The first-order valence-electron chi connectivity index (χ1n) is 5.20. The zero-order valence-electron chi connectivity index (χ0n) is 9.41. The second-order valence-corrected chi connectivity index (χ2v) is 4.27. The van der Waals surface area contributed by atoms with Crippen LogP contribution in [0.25, 0.3) is 0 Å². The van der Waals surface area contributed by atoms with Crippen LogP contribution >= 0.6 is 11.6 Å². The van der Waals surface area contributed by atoms with Crippen LogP contribution in [0.1, 0.15) is 12.1 Å². The minimum Gasteiger partial charge on any atom is -0.330 e. The van der Waals surface area contributed by atoms with Crippen LogP contribution in [0.5, 0.6) is 0 Å². The van der Waals surface area contributed by atoms with Gasteiger partial charge in [0.15, 0.2) is 0 Å². The normalized spacial score (nSPS) is 11.3. The smallest absolute Gasteiger partial charge is 0.0817 e. The third-order valence-electron chi connectivity index (χ3n) is 2.27. The van der Waals surface area contributed by atoms with Gasteiger partial charge in [0, 0.05) is 6.54 Å². The van der Waals surface area contributed by atoms with E-state index in [1.54, 1.807) is 6.20 Å². The van der Waals surface area contributed by atoms with Crippen molar-refractivity contribution in [3.8, 4) is 0 Å². The number of likely N-dealkylation sites (N-methyl/N-ethyl adjacent to an activating group) is 1. The van der Waals surface area contributed by atoms with Crippen molar-refractivity contribution in [3.63, 3.8) is 0 Å². The summed E-state index contributed by atoms with van der Waals surface area (Å²) in [6.07, 6.45) is 3.57. The van der Waals surface area contributed by atoms with Crippen molar-refractivity contribution in [1.82, 2.24) is 14.7 Å². The SMILES string of the molecule is CN(C)CCn1ncc(Cl)c1CCCN. The van der Waals surface area contributed by atoms with E-state index < -0.39 is 0 Å². The predicted molar refractivity (Wildman–Crippen MR) is 63.2 cm³/mol. The van der Waals surface area contributed by atoms with E-state index in [0.717, 1.165) is 36.6 Å². The number of rotatable bonds is 6. The van der Waals surface area contributed by atoms with Gasteiger partial charge in [-0.1, -0.05) is 11.6 Å². The molecule has 0 aliphatic rings. The van der Waals surface area contributed by atoms with Gasteiger partial charge in [0.1, 0.15) is 0 Å². The Hall–Kier alpha value is -0.580. The summed E-state index contributed by atoms with van der Waals surface area (Å²) >= 11 is 6.06. The van der Waals surface area contributed by atoms with Crippen molar-refractivity contribution in [2.75, 3.05) is 27.2 Å². The topological polar surface area (TPSA) is 47.1 Å². The average Bonchev–Trinajstić information content (AvgIpc) is 2.53. The summed E-state index contributed by atoms with van der Waals surface area (Å²) < 4.78 is 1.97. The van der Waals surface area contributed by atoms with E-state index in [4.69, 9.17) is 17.3 Å². The minimum absolute atomic E-state index is 0.690. The lowest BCUT2D eigenvalue weighted by Crippen LogP contribution is -2.20. The summed E-state index contributed by atoms with van der Waals surface area (Å²) in [6.45, 7) is 2.53. The summed E-state index contributed by atoms with van der Waals surface area (Å²) in [7, 11) is 4.09. The molecular formula is C10H19ClN4. The summed E-state index contributed by atoms with van der Waals surface area (Å²) in [4.78, 5) is 2.13. The van der Waals surface area contributed by atoms with Gasteiger partial charge < -0.3 is 10.6 Å². The Labute approximate surface area is 96.0 Å². The zero-order chi connectivity index (χ0) is 11.3. The Morgan fingerprint density at radius 2 is 2.27 bits per heavy atom. The van der Waals surface area contributed by atoms with E-state index in [9.17, 15) is 0 Å². The molecule has 0 saturated heterocycles. The molecule has 0 fully saturated rings. The Morgan fingerprint density at radius 1 is 1.53 bits per heavy atom. The summed E-state index contributed by atoms with van der Waals surface area (Å²) in [5.41, 5.74) is 6.59. The van der Waals surface area contributed by atoms with Crippen LogP contribution in [0.15, 0.2) is 6.20 Å². The largest absolute Gasteiger partial charge is 0.330 e. The minimum atomic E-state index is 0.690. The van der Waals surface area contributed by atoms with E-state index in [-0.39, 0.29) is 0 Å². The molecule has 1 aromatic rings. The zero-order valence-corrected chi connectivity index (χ0v) is 10.2. The number of hydrogen-bond donors (Lipinski definition) is 1. The molecule has 0 aliphatic carbocycles. The second-order valence-electron chi connectivity index (χ2n) is 3.86. The highest BCUT2D eigenvalue weighted by atomic mass is 35.5. The molecule has 0 amide bonds. The molecule has 15 heavy (non-hydrogen) atoms. The van der Waals surface area contributed by atoms with Crippen LogP contribution in [0.3, 0.4) is 0 Å². The Kier molecular flexibility index (Phi) is 5.08. The highest BCUT2D eigenvalue weighted by molar-refractivity contribution is 6.31. The summed E-state index contributed by atoms with van der Waals surface area (Å²) in [6, 6.07) is 0.